The van der Waals surface area contributed by atoms with E-state index < -0.39 is 0 Å². The zero-order chi connectivity index (χ0) is 18.4. The summed E-state index contributed by atoms with van der Waals surface area (Å²) in [4.78, 5) is 4.84. The lowest BCUT2D eigenvalue weighted by atomic mass is 10.2. The second-order valence-electron chi connectivity index (χ2n) is 6.41. The van der Waals surface area contributed by atoms with Crippen molar-refractivity contribution in [2.75, 3.05) is 0 Å². The maximum absolute atomic E-state index is 6.40. The fourth-order valence-corrected chi connectivity index (χ4v) is 4.83. The highest BCUT2D eigenvalue weighted by Gasteiger charge is 2.14. The van der Waals surface area contributed by atoms with Crippen LogP contribution in [0.15, 0.2) is 72.9 Å². The first kappa shape index (κ1) is 16.8. The quantitative estimate of drug-likeness (QED) is 0.306. The van der Waals surface area contributed by atoms with Gasteiger partial charge in [0.25, 0.3) is 0 Å². The Bertz CT molecular complexity index is 1250. The molecule has 2 heterocycles. The van der Waals surface area contributed by atoms with Crippen molar-refractivity contribution in [3.63, 3.8) is 0 Å². The van der Waals surface area contributed by atoms with Crippen LogP contribution < -0.4 is 0 Å². The van der Waals surface area contributed by atoms with Crippen molar-refractivity contribution in [2.45, 2.75) is 6.54 Å². The van der Waals surface area contributed by atoms with E-state index in [0.717, 1.165) is 27.2 Å². The molecule has 0 fully saturated rings. The Labute approximate surface area is 170 Å². The molecule has 0 unspecified atom stereocenters. The molecular formula is C22H14Cl2N2S. The SMILES string of the molecule is Clc1ccc(Cn2cc(-c3nc4ccccc4s3)c3ccccc32)c(Cl)c1. The number of halogens is 2. The van der Waals surface area contributed by atoms with E-state index in [9.17, 15) is 0 Å². The van der Waals surface area contributed by atoms with Gasteiger partial charge in [0.2, 0.25) is 0 Å². The summed E-state index contributed by atoms with van der Waals surface area (Å²) in [5.41, 5.74) is 4.39. The van der Waals surface area contributed by atoms with Crippen LogP contribution in [0, 0.1) is 0 Å². The number of hydrogen-bond donors (Lipinski definition) is 0. The molecule has 2 aromatic heterocycles. The van der Waals surface area contributed by atoms with E-state index in [1.807, 2.05) is 18.2 Å². The summed E-state index contributed by atoms with van der Waals surface area (Å²) in [5, 5.41) is 3.56. The zero-order valence-corrected chi connectivity index (χ0v) is 16.5. The number of hydrogen-bond acceptors (Lipinski definition) is 2. The van der Waals surface area contributed by atoms with Crippen LogP contribution in [0.4, 0.5) is 0 Å². The standard InChI is InChI=1S/C22H14Cl2N2S/c23-15-10-9-14(18(24)11-15)12-26-13-17(16-5-1-3-7-20(16)26)22-25-19-6-2-4-8-21(19)27-22/h1-11,13H,12H2. The summed E-state index contributed by atoms with van der Waals surface area (Å²) in [6.45, 7) is 0.682. The second-order valence-corrected chi connectivity index (χ2v) is 8.28. The molecule has 132 valence electrons. The molecule has 2 nitrogen and oxygen atoms in total. The van der Waals surface area contributed by atoms with Gasteiger partial charge in [0.1, 0.15) is 5.01 Å². The van der Waals surface area contributed by atoms with Crippen molar-refractivity contribution < 1.29 is 0 Å². The Morgan fingerprint density at radius 1 is 0.926 bits per heavy atom. The molecule has 0 N–H and O–H groups in total. The molecule has 0 atom stereocenters. The largest absolute Gasteiger partial charge is 0.342 e. The molecular weight excluding hydrogens is 395 g/mol. The number of aromatic nitrogens is 2. The normalized spacial score (nSPS) is 11.5. The van der Waals surface area contributed by atoms with E-state index >= 15 is 0 Å². The first-order chi connectivity index (χ1) is 13.2. The molecule has 0 bridgehead atoms. The molecule has 3 aromatic carbocycles. The van der Waals surface area contributed by atoms with Gasteiger partial charge in [-0.1, -0.05) is 59.6 Å². The van der Waals surface area contributed by atoms with Gasteiger partial charge in [-0.05, 0) is 35.9 Å². The average Bonchev–Trinajstić information content (AvgIpc) is 3.25. The summed E-state index contributed by atoms with van der Waals surface area (Å²) >= 11 is 14.2. The average molecular weight is 409 g/mol. The van der Waals surface area contributed by atoms with Crippen molar-refractivity contribution in [3.05, 3.63) is 88.5 Å². The minimum Gasteiger partial charge on any atom is -0.342 e. The third-order valence-electron chi connectivity index (χ3n) is 4.67. The van der Waals surface area contributed by atoms with Gasteiger partial charge in [0.15, 0.2) is 0 Å². The monoisotopic (exact) mass is 408 g/mol. The summed E-state index contributed by atoms with van der Waals surface area (Å²) < 4.78 is 3.43. The third kappa shape index (κ3) is 3.02. The van der Waals surface area contributed by atoms with Crippen LogP contribution in [-0.4, -0.2) is 9.55 Å². The van der Waals surface area contributed by atoms with E-state index in [1.54, 1.807) is 17.4 Å². The van der Waals surface area contributed by atoms with E-state index in [-0.39, 0.29) is 0 Å². The highest BCUT2D eigenvalue weighted by molar-refractivity contribution is 7.21. The fraction of sp³-hybridized carbons (Fsp3) is 0.0455. The molecule has 5 rings (SSSR count). The van der Waals surface area contributed by atoms with E-state index in [0.29, 0.717) is 16.6 Å². The van der Waals surface area contributed by atoms with Crippen molar-refractivity contribution in [1.29, 1.82) is 0 Å². The molecule has 5 heteroatoms. The van der Waals surface area contributed by atoms with Crippen LogP contribution >= 0.6 is 34.5 Å². The molecule has 0 aliphatic heterocycles. The lowest BCUT2D eigenvalue weighted by Gasteiger charge is -2.08. The summed E-state index contributed by atoms with van der Waals surface area (Å²) in [6.07, 6.45) is 2.17. The topological polar surface area (TPSA) is 17.8 Å². The lowest BCUT2D eigenvalue weighted by molar-refractivity contribution is 0.838. The van der Waals surface area contributed by atoms with E-state index in [4.69, 9.17) is 28.2 Å². The minimum atomic E-state index is 0.649. The predicted molar refractivity (Wildman–Crippen MR) is 116 cm³/mol. The van der Waals surface area contributed by atoms with E-state index in [2.05, 4.69) is 53.2 Å². The van der Waals surface area contributed by atoms with Gasteiger partial charge in [-0.3, -0.25) is 0 Å². The Hall–Kier alpha value is -2.33. The molecule has 27 heavy (non-hydrogen) atoms. The Morgan fingerprint density at radius 2 is 1.74 bits per heavy atom. The van der Waals surface area contributed by atoms with Crippen molar-refractivity contribution in [1.82, 2.24) is 9.55 Å². The van der Waals surface area contributed by atoms with Crippen molar-refractivity contribution in [2.24, 2.45) is 0 Å². The number of para-hydroxylation sites is 2. The molecule has 0 aliphatic carbocycles. The van der Waals surface area contributed by atoms with Crippen LogP contribution in [0.2, 0.25) is 10.0 Å². The van der Waals surface area contributed by atoms with Crippen LogP contribution in [-0.2, 0) is 6.54 Å². The van der Waals surface area contributed by atoms with Gasteiger partial charge in [-0.25, -0.2) is 4.98 Å². The molecule has 0 saturated heterocycles. The number of thiazole rings is 1. The first-order valence-corrected chi connectivity index (χ1v) is 10.1. The maximum atomic E-state index is 6.40. The van der Waals surface area contributed by atoms with Gasteiger partial charge in [0, 0.05) is 39.3 Å². The number of benzene rings is 3. The Morgan fingerprint density at radius 3 is 2.59 bits per heavy atom. The predicted octanol–water partition coefficient (Wildman–Crippen LogP) is 7.27. The summed E-state index contributed by atoms with van der Waals surface area (Å²) in [6, 6.07) is 22.3. The second kappa shape index (κ2) is 6.68. The third-order valence-corrected chi connectivity index (χ3v) is 6.33. The van der Waals surface area contributed by atoms with Crippen molar-refractivity contribution in [3.8, 4) is 10.6 Å². The number of fused-ring (bicyclic) bond motifs is 2. The van der Waals surface area contributed by atoms with Gasteiger partial charge in [-0.2, -0.15) is 0 Å². The molecule has 0 spiro atoms. The smallest absolute Gasteiger partial charge is 0.126 e. The number of rotatable bonds is 3. The van der Waals surface area contributed by atoms with Crippen LogP contribution in [0.1, 0.15) is 5.56 Å². The lowest BCUT2D eigenvalue weighted by Crippen LogP contribution is -1.98. The molecule has 0 radical (unpaired) electrons. The molecule has 0 amide bonds. The highest BCUT2D eigenvalue weighted by Crippen LogP contribution is 2.36. The molecule has 0 aliphatic rings. The highest BCUT2D eigenvalue weighted by atomic mass is 35.5. The minimum absolute atomic E-state index is 0.649. The van der Waals surface area contributed by atoms with Crippen LogP contribution in [0.25, 0.3) is 31.7 Å². The zero-order valence-electron chi connectivity index (χ0n) is 14.2. The molecule has 5 aromatic rings. The van der Waals surface area contributed by atoms with Crippen molar-refractivity contribution >= 4 is 55.7 Å². The Kier molecular flexibility index (Phi) is 4.16. The van der Waals surface area contributed by atoms with Gasteiger partial charge < -0.3 is 4.57 Å². The Balaban J connectivity index is 1.66. The van der Waals surface area contributed by atoms with Gasteiger partial charge in [0.05, 0.1) is 10.2 Å². The summed E-state index contributed by atoms with van der Waals surface area (Å²) in [7, 11) is 0. The van der Waals surface area contributed by atoms with Crippen LogP contribution in [0.5, 0.6) is 0 Å². The summed E-state index contributed by atoms with van der Waals surface area (Å²) in [5.74, 6) is 0. The number of nitrogens with zero attached hydrogens (tertiary/aromatic N) is 2. The first-order valence-electron chi connectivity index (χ1n) is 8.57. The van der Waals surface area contributed by atoms with Gasteiger partial charge in [-0.15, -0.1) is 11.3 Å². The van der Waals surface area contributed by atoms with Crippen LogP contribution in [0.3, 0.4) is 0 Å². The maximum Gasteiger partial charge on any atom is 0.126 e. The van der Waals surface area contributed by atoms with E-state index in [1.165, 1.54) is 10.1 Å². The molecule has 0 saturated carbocycles. The van der Waals surface area contributed by atoms with Gasteiger partial charge >= 0.3 is 0 Å². The fourth-order valence-electron chi connectivity index (χ4n) is 3.37.